The Morgan fingerprint density at radius 1 is 1.45 bits per heavy atom. The van der Waals surface area contributed by atoms with E-state index in [1.165, 1.54) is 6.20 Å². The van der Waals surface area contributed by atoms with E-state index in [1.54, 1.807) is 6.92 Å². The molecule has 0 radical (unpaired) electrons. The second-order valence-corrected chi connectivity index (χ2v) is 6.50. The molecule has 0 fully saturated rings. The number of nitrogens with zero attached hydrogens (tertiary/aromatic N) is 1. The fourth-order valence-electron chi connectivity index (χ4n) is 2.26. The highest BCUT2D eigenvalue weighted by atomic mass is 32.2. The summed E-state index contributed by atoms with van der Waals surface area (Å²) in [5, 5.41) is 6.34. The normalized spacial score (nSPS) is 17.8. The Morgan fingerprint density at radius 2 is 2.25 bits per heavy atom. The lowest BCUT2D eigenvalue weighted by Crippen LogP contribution is -2.34. The topological polar surface area (TPSA) is 84.1 Å². The van der Waals surface area contributed by atoms with Gasteiger partial charge < -0.3 is 4.74 Å². The van der Waals surface area contributed by atoms with Gasteiger partial charge >= 0.3 is 0 Å². The minimum absolute atomic E-state index is 0.172. The van der Waals surface area contributed by atoms with Crippen LogP contribution in [0.15, 0.2) is 35.4 Å². The monoisotopic (exact) mass is 293 g/mol. The minimum atomic E-state index is -3.55. The average Bonchev–Trinajstić information content (AvgIpc) is 3.02. The van der Waals surface area contributed by atoms with Crippen LogP contribution in [-0.2, 0) is 16.4 Å². The molecule has 1 atom stereocenters. The van der Waals surface area contributed by atoms with Crippen molar-refractivity contribution in [1.82, 2.24) is 14.9 Å². The fraction of sp³-hybridized carbons (Fsp3) is 0.308. The maximum Gasteiger partial charge on any atom is 0.244 e. The Bertz CT molecular complexity index is 699. The number of fused-ring (bicyclic) bond motifs is 1. The van der Waals surface area contributed by atoms with Crippen molar-refractivity contribution in [1.29, 1.82) is 0 Å². The molecule has 0 amide bonds. The van der Waals surface area contributed by atoms with Crippen molar-refractivity contribution in [2.24, 2.45) is 0 Å². The van der Waals surface area contributed by atoms with Crippen molar-refractivity contribution < 1.29 is 13.2 Å². The zero-order valence-electron chi connectivity index (χ0n) is 11.0. The molecule has 1 unspecified atom stereocenters. The zero-order chi connectivity index (χ0) is 14.2. The summed E-state index contributed by atoms with van der Waals surface area (Å²) in [6.07, 6.45) is 1.85. The van der Waals surface area contributed by atoms with Gasteiger partial charge in [-0.25, -0.2) is 13.1 Å². The molecular weight excluding hydrogens is 278 g/mol. The van der Waals surface area contributed by atoms with Gasteiger partial charge in [0, 0.05) is 13.0 Å². The third-order valence-corrected chi connectivity index (χ3v) is 4.83. The van der Waals surface area contributed by atoms with Crippen molar-refractivity contribution in [2.75, 3.05) is 6.54 Å². The number of hydrogen-bond acceptors (Lipinski definition) is 4. The van der Waals surface area contributed by atoms with Gasteiger partial charge in [0.25, 0.3) is 0 Å². The molecule has 1 aliphatic rings. The summed E-state index contributed by atoms with van der Waals surface area (Å²) in [5.41, 5.74) is 1.63. The van der Waals surface area contributed by atoms with Crippen molar-refractivity contribution in [3.63, 3.8) is 0 Å². The van der Waals surface area contributed by atoms with Crippen molar-refractivity contribution in [3.8, 4) is 5.75 Å². The van der Waals surface area contributed by atoms with E-state index in [0.717, 1.165) is 11.3 Å². The van der Waals surface area contributed by atoms with Crippen LogP contribution in [0, 0.1) is 6.92 Å². The standard InChI is InChI=1S/C13H15N3O3S/c1-9-13(8-14-16-9)20(17,18)15-7-11-6-10-4-2-3-5-12(10)19-11/h2-5,8,11,15H,6-7H2,1H3,(H,14,16). The van der Waals surface area contributed by atoms with Crippen LogP contribution in [0.1, 0.15) is 11.3 Å². The summed E-state index contributed by atoms with van der Waals surface area (Å²) in [6, 6.07) is 7.73. The second kappa shape index (κ2) is 4.92. The molecule has 1 aliphatic heterocycles. The van der Waals surface area contributed by atoms with Gasteiger partial charge in [0.1, 0.15) is 16.7 Å². The van der Waals surface area contributed by atoms with E-state index < -0.39 is 10.0 Å². The average molecular weight is 293 g/mol. The van der Waals surface area contributed by atoms with Crippen LogP contribution in [0.25, 0.3) is 0 Å². The van der Waals surface area contributed by atoms with Gasteiger partial charge in [0.2, 0.25) is 10.0 Å². The maximum atomic E-state index is 12.1. The van der Waals surface area contributed by atoms with Crippen LogP contribution >= 0.6 is 0 Å². The number of hydrogen-bond donors (Lipinski definition) is 2. The van der Waals surface area contributed by atoms with Crippen LogP contribution < -0.4 is 9.46 Å². The molecule has 3 rings (SSSR count). The number of aromatic nitrogens is 2. The Kier molecular flexibility index (Phi) is 3.23. The number of ether oxygens (including phenoxy) is 1. The van der Waals surface area contributed by atoms with Crippen molar-refractivity contribution in [2.45, 2.75) is 24.3 Å². The number of sulfonamides is 1. The fourth-order valence-corrected chi connectivity index (χ4v) is 3.46. The number of nitrogens with one attached hydrogen (secondary N) is 2. The Balaban J connectivity index is 1.66. The first kappa shape index (κ1) is 13.1. The Labute approximate surface area is 117 Å². The highest BCUT2D eigenvalue weighted by Crippen LogP contribution is 2.27. The molecule has 6 nitrogen and oxygen atoms in total. The molecule has 0 saturated heterocycles. The SMILES string of the molecule is Cc1[nH]ncc1S(=O)(=O)NCC1Cc2ccccc2O1. The smallest absolute Gasteiger partial charge is 0.244 e. The number of benzene rings is 1. The van der Waals surface area contributed by atoms with E-state index >= 15 is 0 Å². The Hall–Kier alpha value is -1.86. The third-order valence-electron chi connectivity index (χ3n) is 3.29. The first-order chi connectivity index (χ1) is 9.56. The molecule has 2 aromatic rings. The van der Waals surface area contributed by atoms with Crippen LogP contribution in [0.3, 0.4) is 0 Å². The number of para-hydroxylation sites is 1. The molecule has 1 aromatic carbocycles. The van der Waals surface area contributed by atoms with Gasteiger partial charge in [-0.2, -0.15) is 5.10 Å². The van der Waals surface area contributed by atoms with E-state index in [1.807, 2.05) is 24.3 Å². The number of aryl methyl sites for hydroxylation is 1. The number of H-pyrrole nitrogens is 1. The quantitative estimate of drug-likeness (QED) is 0.881. The van der Waals surface area contributed by atoms with Gasteiger partial charge in [-0.15, -0.1) is 0 Å². The lowest BCUT2D eigenvalue weighted by molar-refractivity contribution is 0.236. The highest BCUT2D eigenvalue weighted by Gasteiger charge is 2.25. The summed E-state index contributed by atoms with van der Waals surface area (Å²) < 4.78 is 32.5. The van der Waals surface area contributed by atoms with E-state index in [4.69, 9.17) is 4.74 Å². The third kappa shape index (κ3) is 2.41. The van der Waals surface area contributed by atoms with Gasteiger partial charge in [-0.1, -0.05) is 18.2 Å². The van der Waals surface area contributed by atoms with E-state index in [-0.39, 0.29) is 17.5 Å². The van der Waals surface area contributed by atoms with E-state index in [0.29, 0.717) is 12.1 Å². The summed E-state index contributed by atoms with van der Waals surface area (Å²) in [7, 11) is -3.55. The lowest BCUT2D eigenvalue weighted by Gasteiger charge is -2.12. The van der Waals surface area contributed by atoms with E-state index in [2.05, 4.69) is 14.9 Å². The second-order valence-electron chi connectivity index (χ2n) is 4.76. The molecule has 0 bridgehead atoms. The molecule has 0 saturated carbocycles. The predicted molar refractivity (Wildman–Crippen MR) is 73.1 cm³/mol. The summed E-state index contributed by atoms with van der Waals surface area (Å²) >= 11 is 0. The molecule has 2 heterocycles. The van der Waals surface area contributed by atoms with E-state index in [9.17, 15) is 8.42 Å². The molecule has 0 aliphatic carbocycles. The molecule has 1 aromatic heterocycles. The zero-order valence-corrected chi connectivity index (χ0v) is 11.8. The first-order valence-electron chi connectivity index (χ1n) is 6.30. The lowest BCUT2D eigenvalue weighted by atomic mass is 10.1. The molecule has 20 heavy (non-hydrogen) atoms. The summed E-state index contributed by atoms with van der Waals surface area (Å²) in [4.78, 5) is 0.174. The van der Waals surface area contributed by atoms with Crippen LogP contribution in [0.5, 0.6) is 5.75 Å². The molecule has 0 spiro atoms. The predicted octanol–water partition coefficient (Wildman–Crippen LogP) is 1.00. The van der Waals surface area contributed by atoms with Crippen LogP contribution in [-0.4, -0.2) is 31.3 Å². The Morgan fingerprint density at radius 3 is 2.95 bits per heavy atom. The van der Waals surface area contributed by atoms with Crippen molar-refractivity contribution in [3.05, 3.63) is 41.7 Å². The summed E-state index contributed by atoms with van der Waals surface area (Å²) in [5.74, 6) is 0.830. The number of rotatable bonds is 4. The molecule has 106 valence electrons. The van der Waals surface area contributed by atoms with Crippen LogP contribution in [0.2, 0.25) is 0 Å². The first-order valence-corrected chi connectivity index (χ1v) is 7.79. The maximum absolute atomic E-state index is 12.1. The molecule has 2 N–H and O–H groups in total. The molecule has 7 heteroatoms. The number of aromatic amines is 1. The minimum Gasteiger partial charge on any atom is -0.488 e. The van der Waals surface area contributed by atoms with Gasteiger partial charge in [-0.05, 0) is 18.6 Å². The largest absolute Gasteiger partial charge is 0.488 e. The van der Waals surface area contributed by atoms with Crippen molar-refractivity contribution >= 4 is 10.0 Å². The van der Waals surface area contributed by atoms with Gasteiger partial charge in [0.05, 0.1) is 11.9 Å². The molecular formula is C13H15N3O3S. The van der Waals surface area contributed by atoms with Gasteiger partial charge in [0.15, 0.2) is 0 Å². The summed E-state index contributed by atoms with van der Waals surface area (Å²) in [6.45, 7) is 1.91. The van der Waals surface area contributed by atoms with Gasteiger partial charge in [-0.3, -0.25) is 5.10 Å². The van der Waals surface area contributed by atoms with Crippen LogP contribution in [0.4, 0.5) is 0 Å². The highest BCUT2D eigenvalue weighted by molar-refractivity contribution is 7.89.